The second-order valence-corrected chi connectivity index (χ2v) is 5.69. The van der Waals surface area contributed by atoms with Gasteiger partial charge in [0.15, 0.2) is 11.4 Å². The van der Waals surface area contributed by atoms with Crippen LogP contribution in [0, 0.1) is 12.3 Å². The molecule has 3 rings (SSSR count). The third kappa shape index (κ3) is 4.11. The maximum atomic E-state index is 12.4. The highest BCUT2D eigenvalue weighted by Gasteiger charge is 2.17. The van der Waals surface area contributed by atoms with E-state index in [1.807, 2.05) is 0 Å². The van der Waals surface area contributed by atoms with Crippen LogP contribution in [0.25, 0.3) is 0 Å². The van der Waals surface area contributed by atoms with Crippen molar-refractivity contribution in [1.82, 2.24) is 4.98 Å². The van der Waals surface area contributed by atoms with Crippen molar-refractivity contribution in [2.24, 2.45) is 0 Å². The maximum Gasteiger partial charge on any atom is 0.279 e. The summed E-state index contributed by atoms with van der Waals surface area (Å²) in [4.78, 5) is 28.4. The molecule has 0 atom stereocenters. The maximum absolute atomic E-state index is 12.4. The number of carbonyl (C=O) groups excluding carboxylic acids is 2. The van der Waals surface area contributed by atoms with Gasteiger partial charge in [0.05, 0.1) is 7.11 Å². The van der Waals surface area contributed by atoms with E-state index in [0.29, 0.717) is 22.6 Å². The van der Waals surface area contributed by atoms with Crippen LogP contribution in [-0.2, 0) is 0 Å². The average molecular weight is 376 g/mol. The Kier molecular flexibility index (Phi) is 5.28. The van der Waals surface area contributed by atoms with Crippen LogP contribution in [-0.4, -0.2) is 29.0 Å². The Morgan fingerprint density at radius 3 is 2.36 bits per heavy atom. The molecule has 0 radical (unpaired) electrons. The molecule has 0 saturated carbocycles. The van der Waals surface area contributed by atoms with E-state index in [2.05, 4.69) is 27.9 Å². The van der Waals surface area contributed by atoms with E-state index in [0.717, 1.165) is 0 Å². The summed E-state index contributed by atoms with van der Waals surface area (Å²) in [7, 11) is 1.33. The molecule has 0 aliphatic rings. The standard InChI is InChI=1S/C20H16N4O4/c1-28-16-9-10-22-17(18(16)25)20(27)24-15-4-2-3-14(11-15)23-19(26)12-5-7-13(21)8-6-12/h2-8,11,25H,21H2,1H3,(H,23,26)(H,24,27). The summed E-state index contributed by atoms with van der Waals surface area (Å²) in [6.45, 7) is 0. The predicted octanol–water partition coefficient (Wildman–Crippen LogP) is 2.48. The molecular formula is C20H16N4O4. The fraction of sp³-hybridized carbons (Fsp3) is 0.0500. The Hall–Kier alpha value is -4.25. The van der Waals surface area contributed by atoms with Crippen LogP contribution in [0.4, 0.5) is 17.1 Å². The van der Waals surface area contributed by atoms with Gasteiger partial charge >= 0.3 is 0 Å². The summed E-state index contributed by atoms with van der Waals surface area (Å²) in [6, 6.07) is 15.5. The molecule has 0 spiro atoms. The van der Waals surface area contributed by atoms with Gasteiger partial charge in [-0.15, -0.1) is 0 Å². The van der Waals surface area contributed by atoms with Gasteiger partial charge in [-0.05, 0) is 42.5 Å². The number of carbonyl (C=O) groups is 2. The number of rotatable bonds is 5. The van der Waals surface area contributed by atoms with E-state index in [9.17, 15) is 14.7 Å². The van der Waals surface area contributed by atoms with Crippen LogP contribution in [0.5, 0.6) is 11.5 Å². The molecule has 0 aliphatic carbocycles. The zero-order valence-corrected chi connectivity index (χ0v) is 14.8. The van der Waals surface area contributed by atoms with Gasteiger partial charge in [-0.3, -0.25) is 9.59 Å². The lowest BCUT2D eigenvalue weighted by atomic mass is 10.2. The first-order valence-electron chi connectivity index (χ1n) is 8.12. The third-order valence-electron chi connectivity index (χ3n) is 3.75. The van der Waals surface area contributed by atoms with Crippen molar-refractivity contribution < 1.29 is 19.4 Å². The average Bonchev–Trinajstić information content (AvgIpc) is 2.69. The number of anilines is 3. The number of nitrogen functional groups attached to an aromatic ring is 1. The number of aromatic nitrogens is 1. The number of nitrogens with two attached hydrogens (primary N) is 1. The van der Waals surface area contributed by atoms with Gasteiger partial charge in [-0.1, -0.05) is 6.07 Å². The molecular weight excluding hydrogens is 360 g/mol. The molecule has 1 heterocycles. The summed E-state index contributed by atoms with van der Waals surface area (Å²) in [5.74, 6) is -1.46. The first-order valence-corrected chi connectivity index (χ1v) is 8.12. The zero-order valence-electron chi connectivity index (χ0n) is 14.8. The monoisotopic (exact) mass is 376 g/mol. The Morgan fingerprint density at radius 2 is 1.71 bits per heavy atom. The Balaban J connectivity index is 1.74. The van der Waals surface area contributed by atoms with E-state index in [-0.39, 0.29) is 17.4 Å². The van der Waals surface area contributed by atoms with Crippen molar-refractivity contribution in [2.45, 2.75) is 0 Å². The number of benzene rings is 2. The number of nitrogens with zero attached hydrogens (tertiary/aromatic N) is 1. The highest BCUT2D eigenvalue weighted by molar-refractivity contribution is 6.06. The molecule has 0 unspecified atom stereocenters. The summed E-state index contributed by atoms with van der Waals surface area (Å²) in [5, 5.41) is 15.3. The fourth-order valence-electron chi connectivity index (χ4n) is 2.36. The van der Waals surface area contributed by atoms with Crippen molar-refractivity contribution >= 4 is 28.9 Å². The SMILES string of the molecule is COc1c#cnc(C(=O)Nc2cccc(NC(=O)c3ccc(N)cc3)c2)c1O. The van der Waals surface area contributed by atoms with E-state index < -0.39 is 11.7 Å². The number of hydrogen-bond acceptors (Lipinski definition) is 6. The quantitative estimate of drug-likeness (QED) is 0.507. The molecule has 0 saturated heterocycles. The molecule has 2 amide bonds. The Morgan fingerprint density at radius 1 is 1.07 bits per heavy atom. The molecule has 1 aromatic heterocycles. The highest BCUT2D eigenvalue weighted by atomic mass is 16.5. The number of nitrogens with one attached hydrogen (secondary N) is 2. The molecule has 0 bridgehead atoms. The molecule has 0 aliphatic heterocycles. The lowest BCUT2D eigenvalue weighted by Crippen LogP contribution is -2.15. The molecule has 28 heavy (non-hydrogen) atoms. The summed E-state index contributed by atoms with van der Waals surface area (Å²) < 4.78 is 4.89. The molecule has 2 aromatic carbocycles. The molecule has 140 valence electrons. The molecule has 5 N–H and O–H groups in total. The summed E-state index contributed by atoms with van der Waals surface area (Å²) >= 11 is 0. The largest absolute Gasteiger partial charge is 0.502 e. The van der Waals surface area contributed by atoms with Crippen molar-refractivity contribution in [3.63, 3.8) is 0 Å². The van der Waals surface area contributed by atoms with Crippen molar-refractivity contribution in [3.8, 4) is 11.5 Å². The first-order chi connectivity index (χ1) is 13.5. The smallest absolute Gasteiger partial charge is 0.279 e. The molecule has 8 heteroatoms. The fourth-order valence-corrected chi connectivity index (χ4v) is 2.36. The van der Waals surface area contributed by atoms with Crippen LogP contribution in [0.1, 0.15) is 20.8 Å². The van der Waals surface area contributed by atoms with Crippen LogP contribution in [0.3, 0.4) is 0 Å². The topological polar surface area (TPSA) is 127 Å². The minimum atomic E-state index is -0.664. The minimum absolute atomic E-state index is 0.0374. The Labute approximate surface area is 161 Å². The van der Waals surface area contributed by atoms with Crippen LogP contribution in [0.2, 0.25) is 0 Å². The van der Waals surface area contributed by atoms with E-state index >= 15 is 0 Å². The second-order valence-electron chi connectivity index (χ2n) is 5.69. The number of aromatic hydroxyl groups is 1. The van der Waals surface area contributed by atoms with E-state index in [1.54, 1.807) is 48.5 Å². The molecule has 0 fully saturated rings. The zero-order chi connectivity index (χ0) is 20.1. The predicted molar refractivity (Wildman–Crippen MR) is 103 cm³/mol. The molecule has 8 nitrogen and oxygen atoms in total. The molecule has 3 aromatic rings. The van der Waals surface area contributed by atoms with Gasteiger partial charge in [0.2, 0.25) is 5.75 Å². The van der Waals surface area contributed by atoms with Crippen LogP contribution >= 0.6 is 0 Å². The highest BCUT2D eigenvalue weighted by Crippen LogP contribution is 2.26. The lowest BCUT2D eigenvalue weighted by molar-refractivity contribution is 0.101. The lowest BCUT2D eigenvalue weighted by Gasteiger charge is -2.09. The van der Waals surface area contributed by atoms with Crippen LogP contribution < -0.4 is 21.1 Å². The van der Waals surface area contributed by atoms with Crippen LogP contribution in [0.15, 0.2) is 48.5 Å². The number of amides is 2. The normalized spacial score (nSPS) is 9.89. The first kappa shape index (κ1) is 18.5. The van der Waals surface area contributed by atoms with Gasteiger partial charge in [-0.2, -0.15) is 4.98 Å². The number of methoxy groups -OCH3 is 1. The van der Waals surface area contributed by atoms with Gasteiger partial charge in [0.1, 0.15) is 0 Å². The van der Waals surface area contributed by atoms with Crippen molar-refractivity contribution in [2.75, 3.05) is 23.5 Å². The van der Waals surface area contributed by atoms with Gasteiger partial charge in [0.25, 0.3) is 11.8 Å². The number of hydrogen-bond donors (Lipinski definition) is 4. The van der Waals surface area contributed by atoms with Gasteiger partial charge in [0, 0.05) is 34.9 Å². The summed E-state index contributed by atoms with van der Waals surface area (Å²) in [6.07, 6.45) is 2.36. The third-order valence-corrected chi connectivity index (χ3v) is 3.75. The number of ether oxygens (including phenoxy) is 1. The van der Waals surface area contributed by atoms with Gasteiger partial charge in [-0.25, -0.2) is 0 Å². The van der Waals surface area contributed by atoms with E-state index in [1.165, 1.54) is 7.11 Å². The van der Waals surface area contributed by atoms with Crippen molar-refractivity contribution in [1.29, 1.82) is 0 Å². The van der Waals surface area contributed by atoms with E-state index in [4.69, 9.17) is 10.5 Å². The van der Waals surface area contributed by atoms with Crippen molar-refractivity contribution in [3.05, 3.63) is 72.1 Å². The summed E-state index contributed by atoms with van der Waals surface area (Å²) in [5.41, 5.74) is 7.23. The Bertz CT molecular complexity index is 1020. The second kappa shape index (κ2) is 7.97. The van der Waals surface area contributed by atoms with Gasteiger partial charge < -0.3 is 26.2 Å². The minimum Gasteiger partial charge on any atom is -0.502 e.